The van der Waals surface area contributed by atoms with E-state index in [2.05, 4.69) is 6.92 Å². The summed E-state index contributed by atoms with van der Waals surface area (Å²) in [6.07, 6.45) is 0.262. The molecule has 3 heteroatoms. The van der Waals surface area contributed by atoms with Gasteiger partial charge in [-0.15, -0.1) is 0 Å². The molecule has 2 aromatic rings. The van der Waals surface area contributed by atoms with Crippen LogP contribution >= 0.6 is 11.8 Å². The zero-order valence-corrected chi connectivity index (χ0v) is 11.1. The molecular weight excluding hydrogens is 232 g/mol. The SMILES string of the molecule is CCSCCC(O)c1cc2cccc(C)c2o1. The predicted octanol–water partition coefficient (Wildman–Crippen LogP) is 3.92. The Kier molecular flexibility index (Phi) is 4.13. The molecule has 0 amide bonds. The van der Waals surface area contributed by atoms with Crippen LogP contribution in [0.5, 0.6) is 0 Å². The maximum Gasteiger partial charge on any atom is 0.137 e. The fraction of sp³-hybridized carbons (Fsp3) is 0.429. The van der Waals surface area contributed by atoms with Crippen molar-refractivity contribution in [2.45, 2.75) is 26.4 Å². The van der Waals surface area contributed by atoms with Gasteiger partial charge in [-0.1, -0.05) is 25.1 Å². The molecule has 92 valence electrons. The third-order valence-corrected chi connectivity index (χ3v) is 3.76. The van der Waals surface area contributed by atoms with E-state index in [0.29, 0.717) is 5.76 Å². The highest BCUT2D eigenvalue weighted by molar-refractivity contribution is 7.99. The molecule has 0 fully saturated rings. The first kappa shape index (κ1) is 12.5. The van der Waals surface area contributed by atoms with E-state index in [9.17, 15) is 5.11 Å². The van der Waals surface area contributed by atoms with Gasteiger partial charge < -0.3 is 9.52 Å². The van der Waals surface area contributed by atoms with Crippen LogP contribution in [-0.4, -0.2) is 16.6 Å². The minimum atomic E-state index is -0.485. The Balaban J connectivity index is 2.16. The van der Waals surface area contributed by atoms with Gasteiger partial charge in [-0.2, -0.15) is 11.8 Å². The Labute approximate surface area is 106 Å². The fourth-order valence-electron chi connectivity index (χ4n) is 1.87. The monoisotopic (exact) mass is 250 g/mol. The van der Waals surface area contributed by atoms with Gasteiger partial charge in [0.2, 0.25) is 0 Å². The number of aliphatic hydroxyl groups excluding tert-OH is 1. The Morgan fingerprint density at radius 1 is 1.41 bits per heavy atom. The standard InChI is InChI=1S/C14H18O2S/c1-3-17-8-7-12(15)13-9-11-6-4-5-10(2)14(11)16-13/h4-6,9,12,15H,3,7-8H2,1-2H3. The first-order valence-electron chi connectivity index (χ1n) is 5.97. The third-order valence-electron chi connectivity index (χ3n) is 2.83. The maximum atomic E-state index is 10.0. The van der Waals surface area contributed by atoms with E-state index in [4.69, 9.17) is 4.42 Å². The largest absolute Gasteiger partial charge is 0.458 e. The van der Waals surface area contributed by atoms with Gasteiger partial charge in [0, 0.05) is 5.39 Å². The molecule has 1 atom stereocenters. The van der Waals surface area contributed by atoms with E-state index in [1.165, 1.54) is 0 Å². The summed E-state index contributed by atoms with van der Waals surface area (Å²) < 4.78 is 5.73. The number of hydrogen-bond acceptors (Lipinski definition) is 3. The van der Waals surface area contributed by atoms with Gasteiger partial charge in [0.1, 0.15) is 17.4 Å². The van der Waals surface area contributed by atoms with Crippen LogP contribution in [0.3, 0.4) is 0 Å². The molecule has 0 spiro atoms. The van der Waals surface area contributed by atoms with Gasteiger partial charge in [-0.05, 0) is 36.5 Å². The molecule has 0 aliphatic rings. The number of benzene rings is 1. The number of hydrogen-bond donors (Lipinski definition) is 1. The smallest absolute Gasteiger partial charge is 0.137 e. The van der Waals surface area contributed by atoms with E-state index < -0.39 is 6.10 Å². The van der Waals surface area contributed by atoms with Crippen molar-refractivity contribution < 1.29 is 9.52 Å². The molecule has 0 saturated carbocycles. The molecule has 1 heterocycles. The number of aliphatic hydroxyl groups is 1. The van der Waals surface area contributed by atoms with Crippen LogP contribution in [0.15, 0.2) is 28.7 Å². The zero-order valence-electron chi connectivity index (χ0n) is 10.3. The third kappa shape index (κ3) is 2.85. The van der Waals surface area contributed by atoms with Crippen LogP contribution < -0.4 is 0 Å². The topological polar surface area (TPSA) is 33.4 Å². The lowest BCUT2D eigenvalue weighted by atomic mass is 10.1. The quantitative estimate of drug-likeness (QED) is 0.817. The van der Waals surface area contributed by atoms with Crippen molar-refractivity contribution in [3.63, 3.8) is 0 Å². The molecule has 0 aliphatic heterocycles. The van der Waals surface area contributed by atoms with Crippen molar-refractivity contribution in [2.24, 2.45) is 0 Å². The van der Waals surface area contributed by atoms with Crippen LogP contribution in [0, 0.1) is 6.92 Å². The van der Waals surface area contributed by atoms with Crippen molar-refractivity contribution in [1.29, 1.82) is 0 Å². The van der Waals surface area contributed by atoms with Crippen molar-refractivity contribution in [3.05, 3.63) is 35.6 Å². The van der Waals surface area contributed by atoms with Crippen molar-refractivity contribution in [3.8, 4) is 0 Å². The van der Waals surface area contributed by atoms with Crippen LogP contribution in [-0.2, 0) is 0 Å². The molecule has 2 rings (SSSR count). The number of thioether (sulfide) groups is 1. The summed E-state index contributed by atoms with van der Waals surface area (Å²) in [5.74, 6) is 2.74. The minimum Gasteiger partial charge on any atom is -0.458 e. The average Bonchev–Trinajstić information content (AvgIpc) is 2.75. The van der Waals surface area contributed by atoms with E-state index in [1.807, 2.05) is 43.0 Å². The number of fused-ring (bicyclic) bond motifs is 1. The number of aryl methyl sites for hydroxylation is 1. The van der Waals surface area contributed by atoms with Gasteiger partial charge in [-0.3, -0.25) is 0 Å². The van der Waals surface area contributed by atoms with Gasteiger partial charge in [0.05, 0.1) is 0 Å². The summed E-state index contributed by atoms with van der Waals surface area (Å²) in [5, 5.41) is 11.1. The average molecular weight is 250 g/mol. The Morgan fingerprint density at radius 2 is 2.24 bits per heavy atom. The van der Waals surface area contributed by atoms with E-state index in [1.54, 1.807) is 0 Å². The summed E-state index contributed by atoms with van der Waals surface area (Å²) in [7, 11) is 0. The van der Waals surface area contributed by atoms with Gasteiger partial charge in [0.25, 0.3) is 0 Å². The number of rotatable bonds is 5. The second-order valence-electron chi connectivity index (χ2n) is 4.14. The minimum absolute atomic E-state index is 0.485. The van der Waals surface area contributed by atoms with E-state index in [-0.39, 0.29) is 0 Å². The molecule has 0 aliphatic carbocycles. The van der Waals surface area contributed by atoms with Crippen LogP contribution in [0.4, 0.5) is 0 Å². The second-order valence-corrected chi connectivity index (χ2v) is 5.54. The first-order chi connectivity index (χ1) is 8.22. The van der Waals surface area contributed by atoms with Gasteiger partial charge in [0.15, 0.2) is 0 Å². The molecule has 1 aromatic carbocycles. The van der Waals surface area contributed by atoms with Gasteiger partial charge in [-0.25, -0.2) is 0 Å². The molecular formula is C14H18O2S. The van der Waals surface area contributed by atoms with Gasteiger partial charge >= 0.3 is 0 Å². The number of furan rings is 1. The Bertz CT molecular complexity index is 490. The molecule has 2 nitrogen and oxygen atoms in total. The summed E-state index contributed by atoms with van der Waals surface area (Å²) in [6, 6.07) is 8.00. The highest BCUT2D eigenvalue weighted by atomic mass is 32.2. The molecule has 0 saturated heterocycles. The summed E-state index contributed by atoms with van der Waals surface area (Å²) in [4.78, 5) is 0. The summed E-state index contributed by atoms with van der Waals surface area (Å²) in [6.45, 7) is 4.15. The first-order valence-corrected chi connectivity index (χ1v) is 7.12. The fourth-order valence-corrected chi connectivity index (χ4v) is 2.55. The number of para-hydroxylation sites is 1. The molecule has 1 N–H and O–H groups in total. The molecule has 1 aromatic heterocycles. The normalized spacial score (nSPS) is 13.1. The highest BCUT2D eigenvalue weighted by Gasteiger charge is 2.13. The Hall–Kier alpha value is -0.930. The maximum absolute atomic E-state index is 10.0. The van der Waals surface area contributed by atoms with Crippen LogP contribution in [0.1, 0.15) is 30.8 Å². The van der Waals surface area contributed by atoms with Crippen molar-refractivity contribution in [1.82, 2.24) is 0 Å². The lowest BCUT2D eigenvalue weighted by Crippen LogP contribution is -1.97. The highest BCUT2D eigenvalue weighted by Crippen LogP contribution is 2.28. The Morgan fingerprint density at radius 3 is 2.94 bits per heavy atom. The molecule has 17 heavy (non-hydrogen) atoms. The van der Waals surface area contributed by atoms with Crippen molar-refractivity contribution >= 4 is 22.7 Å². The summed E-state index contributed by atoms with van der Waals surface area (Å²) >= 11 is 1.84. The summed E-state index contributed by atoms with van der Waals surface area (Å²) in [5.41, 5.74) is 2.01. The lowest BCUT2D eigenvalue weighted by Gasteiger charge is -2.06. The molecule has 0 radical (unpaired) electrons. The second kappa shape index (κ2) is 5.61. The van der Waals surface area contributed by atoms with E-state index >= 15 is 0 Å². The van der Waals surface area contributed by atoms with Crippen molar-refractivity contribution in [2.75, 3.05) is 11.5 Å². The molecule has 1 unspecified atom stereocenters. The zero-order chi connectivity index (χ0) is 12.3. The van der Waals surface area contributed by atoms with Crippen LogP contribution in [0.2, 0.25) is 0 Å². The molecule has 0 bridgehead atoms. The predicted molar refractivity (Wildman–Crippen MR) is 73.5 cm³/mol. The lowest BCUT2D eigenvalue weighted by molar-refractivity contribution is 0.149. The van der Waals surface area contributed by atoms with E-state index in [0.717, 1.165) is 34.5 Å². The van der Waals surface area contributed by atoms with Crippen LogP contribution in [0.25, 0.3) is 11.0 Å².